The lowest BCUT2D eigenvalue weighted by molar-refractivity contribution is -0.123. The summed E-state index contributed by atoms with van der Waals surface area (Å²) < 4.78 is 11.3. The highest BCUT2D eigenvalue weighted by Crippen LogP contribution is 2.29. The van der Waals surface area contributed by atoms with Crippen LogP contribution in [0.5, 0.6) is 11.5 Å². The van der Waals surface area contributed by atoms with Crippen molar-refractivity contribution in [3.63, 3.8) is 0 Å². The quantitative estimate of drug-likeness (QED) is 0.721. The molecule has 1 saturated carbocycles. The van der Waals surface area contributed by atoms with Crippen molar-refractivity contribution in [2.45, 2.75) is 39.5 Å². The summed E-state index contributed by atoms with van der Waals surface area (Å²) in [5.41, 5.74) is 5.29. The van der Waals surface area contributed by atoms with Gasteiger partial charge in [-0.1, -0.05) is 13.8 Å². The lowest BCUT2D eigenvalue weighted by Gasteiger charge is -2.14. The van der Waals surface area contributed by atoms with Crippen LogP contribution < -0.4 is 20.3 Å². The van der Waals surface area contributed by atoms with Crippen LogP contribution >= 0.6 is 0 Å². The number of carbonyl (C=O) groups is 2. The van der Waals surface area contributed by atoms with Gasteiger partial charge in [0.05, 0.1) is 13.2 Å². The van der Waals surface area contributed by atoms with Gasteiger partial charge in [0.2, 0.25) is 5.91 Å². The lowest BCUT2D eigenvalue weighted by Crippen LogP contribution is -2.42. The SMILES string of the molecule is CCCOc1ccc(C(=O)NNC(=O)C2CC2)cc1OCCC. The van der Waals surface area contributed by atoms with E-state index in [1.807, 2.05) is 13.8 Å². The second-order valence-corrected chi connectivity index (χ2v) is 5.58. The fourth-order valence-electron chi connectivity index (χ4n) is 1.94. The Kier molecular flexibility index (Phi) is 6.26. The Labute approximate surface area is 136 Å². The Morgan fingerprint density at radius 3 is 2.30 bits per heavy atom. The van der Waals surface area contributed by atoms with E-state index in [0.29, 0.717) is 30.3 Å². The van der Waals surface area contributed by atoms with Gasteiger partial charge in [0, 0.05) is 11.5 Å². The van der Waals surface area contributed by atoms with Gasteiger partial charge in [-0.05, 0) is 43.9 Å². The van der Waals surface area contributed by atoms with Gasteiger partial charge >= 0.3 is 0 Å². The molecule has 126 valence electrons. The number of rotatable bonds is 8. The molecule has 1 aliphatic carbocycles. The predicted molar refractivity (Wildman–Crippen MR) is 86.3 cm³/mol. The van der Waals surface area contributed by atoms with Gasteiger partial charge in [0.15, 0.2) is 11.5 Å². The van der Waals surface area contributed by atoms with Gasteiger partial charge in [-0.25, -0.2) is 0 Å². The van der Waals surface area contributed by atoms with Crippen molar-refractivity contribution >= 4 is 11.8 Å². The first-order chi connectivity index (χ1) is 11.2. The molecule has 1 fully saturated rings. The molecule has 0 spiro atoms. The van der Waals surface area contributed by atoms with Gasteiger partial charge < -0.3 is 9.47 Å². The van der Waals surface area contributed by atoms with Crippen LogP contribution in [0.1, 0.15) is 49.9 Å². The summed E-state index contributed by atoms with van der Waals surface area (Å²) in [5, 5.41) is 0. The molecule has 23 heavy (non-hydrogen) atoms. The number of carbonyl (C=O) groups excluding carboxylic acids is 2. The van der Waals surface area contributed by atoms with E-state index in [1.54, 1.807) is 18.2 Å². The topological polar surface area (TPSA) is 76.7 Å². The summed E-state index contributed by atoms with van der Waals surface area (Å²) in [6.45, 7) is 5.17. The van der Waals surface area contributed by atoms with Gasteiger partial charge in [-0.15, -0.1) is 0 Å². The Morgan fingerprint density at radius 2 is 1.70 bits per heavy atom. The van der Waals surface area contributed by atoms with Crippen molar-refractivity contribution in [1.29, 1.82) is 0 Å². The van der Waals surface area contributed by atoms with E-state index in [2.05, 4.69) is 10.9 Å². The zero-order chi connectivity index (χ0) is 16.7. The average molecular weight is 320 g/mol. The number of nitrogens with one attached hydrogen (secondary N) is 2. The molecule has 1 aliphatic rings. The second-order valence-electron chi connectivity index (χ2n) is 5.58. The highest BCUT2D eigenvalue weighted by atomic mass is 16.5. The molecule has 0 unspecified atom stereocenters. The van der Waals surface area contributed by atoms with E-state index < -0.39 is 0 Å². The van der Waals surface area contributed by atoms with Crippen LogP contribution in [0.2, 0.25) is 0 Å². The average Bonchev–Trinajstić information content (AvgIpc) is 3.41. The normalized spacial score (nSPS) is 13.3. The fraction of sp³-hybridized carbons (Fsp3) is 0.529. The molecule has 0 heterocycles. The van der Waals surface area contributed by atoms with Crippen molar-refractivity contribution in [3.05, 3.63) is 23.8 Å². The van der Waals surface area contributed by atoms with E-state index >= 15 is 0 Å². The van der Waals surface area contributed by atoms with Crippen molar-refractivity contribution in [2.24, 2.45) is 5.92 Å². The molecule has 6 nitrogen and oxygen atoms in total. The number of hydrazine groups is 1. The van der Waals surface area contributed by atoms with Crippen LogP contribution in [0.4, 0.5) is 0 Å². The summed E-state index contributed by atoms with van der Waals surface area (Å²) in [7, 11) is 0. The molecular formula is C17H24N2O4. The molecule has 0 bridgehead atoms. The zero-order valence-electron chi connectivity index (χ0n) is 13.7. The molecule has 2 amide bonds. The Hall–Kier alpha value is -2.24. The molecule has 2 rings (SSSR count). The first kappa shape index (κ1) is 17.1. The summed E-state index contributed by atoms with van der Waals surface area (Å²) in [4.78, 5) is 23.7. The molecule has 1 aromatic rings. The van der Waals surface area contributed by atoms with Crippen molar-refractivity contribution in [1.82, 2.24) is 10.9 Å². The minimum absolute atomic E-state index is 0.0450. The van der Waals surface area contributed by atoms with Crippen LogP contribution in [-0.2, 0) is 4.79 Å². The number of amides is 2. The molecular weight excluding hydrogens is 296 g/mol. The van der Waals surface area contributed by atoms with Crippen LogP contribution in [0.25, 0.3) is 0 Å². The van der Waals surface area contributed by atoms with Crippen LogP contribution in [0.3, 0.4) is 0 Å². The van der Waals surface area contributed by atoms with Crippen molar-refractivity contribution < 1.29 is 19.1 Å². The van der Waals surface area contributed by atoms with E-state index in [1.165, 1.54) is 0 Å². The first-order valence-electron chi connectivity index (χ1n) is 8.15. The smallest absolute Gasteiger partial charge is 0.269 e. The Bertz CT molecular complexity index is 556. The minimum Gasteiger partial charge on any atom is -0.490 e. The summed E-state index contributed by atoms with van der Waals surface area (Å²) in [6.07, 6.45) is 3.53. The summed E-state index contributed by atoms with van der Waals surface area (Å²) >= 11 is 0. The van der Waals surface area contributed by atoms with Crippen molar-refractivity contribution in [2.75, 3.05) is 13.2 Å². The third kappa shape index (κ3) is 5.16. The third-order valence-electron chi connectivity index (χ3n) is 3.38. The highest BCUT2D eigenvalue weighted by molar-refractivity contribution is 5.96. The Balaban J connectivity index is 2.01. The molecule has 0 aliphatic heterocycles. The van der Waals surface area contributed by atoms with E-state index in [0.717, 1.165) is 25.7 Å². The largest absolute Gasteiger partial charge is 0.490 e. The van der Waals surface area contributed by atoms with Gasteiger partial charge in [0.25, 0.3) is 5.91 Å². The predicted octanol–water partition coefficient (Wildman–Crippen LogP) is 2.44. The lowest BCUT2D eigenvalue weighted by atomic mass is 10.2. The van der Waals surface area contributed by atoms with E-state index in [4.69, 9.17) is 9.47 Å². The van der Waals surface area contributed by atoms with Crippen LogP contribution in [-0.4, -0.2) is 25.0 Å². The van der Waals surface area contributed by atoms with Gasteiger partial charge in [0.1, 0.15) is 0 Å². The van der Waals surface area contributed by atoms with Gasteiger partial charge in [-0.2, -0.15) is 0 Å². The number of ether oxygens (including phenoxy) is 2. The standard InChI is InChI=1S/C17H24N2O4/c1-3-9-22-14-8-7-13(11-15(14)23-10-4-2)17(21)19-18-16(20)12-5-6-12/h7-8,11-12H,3-6,9-10H2,1-2H3,(H,18,20)(H,19,21). The molecule has 1 aromatic carbocycles. The van der Waals surface area contributed by atoms with Gasteiger partial charge in [-0.3, -0.25) is 20.4 Å². The van der Waals surface area contributed by atoms with E-state index in [-0.39, 0.29) is 17.7 Å². The van der Waals surface area contributed by atoms with E-state index in [9.17, 15) is 9.59 Å². The van der Waals surface area contributed by atoms with Crippen molar-refractivity contribution in [3.8, 4) is 11.5 Å². The molecule has 0 aromatic heterocycles. The Morgan fingerprint density at radius 1 is 1.04 bits per heavy atom. The summed E-state index contributed by atoms with van der Waals surface area (Å²) in [5.74, 6) is 0.704. The third-order valence-corrected chi connectivity index (χ3v) is 3.38. The maximum absolute atomic E-state index is 12.1. The number of hydrogen-bond acceptors (Lipinski definition) is 4. The zero-order valence-corrected chi connectivity index (χ0v) is 13.7. The number of hydrogen-bond donors (Lipinski definition) is 2. The first-order valence-corrected chi connectivity index (χ1v) is 8.15. The molecule has 2 N–H and O–H groups in total. The highest BCUT2D eigenvalue weighted by Gasteiger charge is 2.29. The maximum Gasteiger partial charge on any atom is 0.269 e. The maximum atomic E-state index is 12.1. The minimum atomic E-state index is -0.373. The van der Waals surface area contributed by atoms with Crippen LogP contribution in [0.15, 0.2) is 18.2 Å². The molecule has 0 radical (unpaired) electrons. The number of benzene rings is 1. The monoisotopic (exact) mass is 320 g/mol. The second kappa shape index (κ2) is 8.41. The fourth-order valence-corrected chi connectivity index (χ4v) is 1.94. The molecule has 0 saturated heterocycles. The summed E-state index contributed by atoms with van der Waals surface area (Å²) in [6, 6.07) is 5.01. The molecule has 6 heteroatoms. The van der Waals surface area contributed by atoms with Crippen LogP contribution in [0, 0.1) is 5.92 Å². The molecule has 0 atom stereocenters.